The van der Waals surface area contributed by atoms with E-state index in [1.807, 2.05) is 0 Å². The Morgan fingerprint density at radius 3 is 2.32 bits per heavy atom. The Kier molecular flexibility index (Phi) is 5.93. The van der Waals surface area contributed by atoms with Gasteiger partial charge in [-0.25, -0.2) is 21.6 Å². The maximum Gasteiger partial charge on any atom is 0.246 e. The number of hydrogen-bond donors (Lipinski definition) is 1. The zero-order valence-electron chi connectivity index (χ0n) is 14.1. The Hall–Kier alpha value is -1.82. The van der Waals surface area contributed by atoms with E-state index < -0.39 is 20.0 Å². The molecule has 0 spiro atoms. The molecule has 0 amide bonds. The summed E-state index contributed by atoms with van der Waals surface area (Å²) < 4.78 is 57.0. The van der Waals surface area contributed by atoms with Crippen LogP contribution < -0.4 is 4.72 Å². The number of nitrogens with zero attached hydrogens (tertiary/aromatic N) is 3. The van der Waals surface area contributed by atoms with Crippen molar-refractivity contribution in [2.45, 2.75) is 25.3 Å². The molecule has 0 aliphatic carbocycles. The Morgan fingerprint density at radius 1 is 1.16 bits per heavy atom. The third-order valence-corrected chi connectivity index (χ3v) is 6.42. The van der Waals surface area contributed by atoms with Crippen LogP contribution in [0.15, 0.2) is 33.9 Å². The van der Waals surface area contributed by atoms with Gasteiger partial charge in [-0.2, -0.15) is 4.31 Å². The molecule has 0 aliphatic heterocycles. The van der Waals surface area contributed by atoms with Crippen molar-refractivity contribution in [2.24, 2.45) is 0 Å². The predicted octanol–water partition coefficient (Wildman–Crippen LogP) is 0.427. The molecule has 2 aromatic heterocycles. The lowest BCUT2D eigenvalue weighted by Gasteiger charge is -2.20. The molecule has 11 heteroatoms. The summed E-state index contributed by atoms with van der Waals surface area (Å²) in [5.41, 5.74) is 1.01. The van der Waals surface area contributed by atoms with Crippen molar-refractivity contribution in [3.8, 4) is 0 Å². The highest BCUT2D eigenvalue weighted by Crippen LogP contribution is 2.18. The fourth-order valence-corrected chi connectivity index (χ4v) is 4.44. The minimum Gasteiger partial charge on any atom is -0.360 e. The van der Waals surface area contributed by atoms with Crippen molar-refractivity contribution in [1.29, 1.82) is 0 Å². The largest absolute Gasteiger partial charge is 0.360 e. The third-order valence-electron chi connectivity index (χ3n) is 3.47. The first-order valence-electron chi connectivity index (χ1n) is 7.38. The molecule has 9 nitrogen and oxygen atoms in total. The molecule has 0 fully saturated rings. The molecule has 0 unspecified atom stereocenters. The molecule has 0 atom stereocenters. The van der Waals surface area contributed by atoms with Crippen molar-refractivity contribution in [3.63, 3.8) is 0 Å². The van der Waals surface area contributed by atoms with Crippen molar-refractivity contribution in [3.05, 3.63) is 41.5 Å². The highest BCUT2D eigenvalue weighted by Gasteiger charge is 2.25. The first-order chi connectivity index (χ1) is 11.6. The average molecular weight is 388 g/mol. The Balaban J connectivity index is 2.06. The van der Waals surface area contributed by atoms with Gasteiger partial charge in [0.05, 0.1) is 6.26 Å². The molecule has 0 saturated carbocycles. The summed E-state index contributed by atoms with van der Waals surface area (Å²) in [6, 6.07) is 3.40. The van der Waals surface area contributed by atoms with Crippen LogP contribution in [0.4, 0.5) is 0 Å². The molecule has 0 radical (unpaired) electrons. The number of nitrogens with one attached hydrogen (secondary N) is 1. The normalized spacial score (nSPS) is 12.6. The standard InChI is InChI=1S/C14H20N4O5S2/c1-11-14(12(2)23-17-11)25(21,22)16-8-9-18(24(3,19)20)10-13-4-6-15-7-5-13/h4-7,16H,8-10H2,1-3H3. The van der Waals surface area contributed by atoms with Gasteiger partial charge in [-0.15, -0.1) is 0 Å². The van der Waals surface area contributed by atoms with Gasteiger partial charge in [0.25, 0.3) is 0 Å². The molecule has 0 saturated heterocycles. The lowest BCUT2D eigenvalue weighted by molar-refractivity contribution is 0.390. The molecule has 2 heterocycles. The van der Waals surface area contributed by atoms with Crippen LogP contribution >= 0.6 is 0 Å². The average Bonchev–Trinajstić information content (AvgIpc) is 2.86. The molecule has 0 aliphatic rings. The number of hydrogen-bond acceptors (Lipinski definition) is 7. The summed E-state index contributed by atoms with van der Waals surface area (Å²) in [6.07, 6.45) is 4.21. The van der Waals surface area contributed by atoms with Crippen molar-refractivity contribution in [2.75, 3.05) is 19.3 Å². The van der Waals surface area contributed by atoms with Crippen molar-refractivity contribution < 1.29 is 21.4 Å². The SMILES string of the molecule is Cc1noc(C)c1S(=O)(=O)NCCN(Cc1ccncc1)S(C)(=O)=O. The zero-order chi connectivity index (χ0) is 18.7. The van der Waals surface area contributed by atoms with Crippen LogP contribution in [-0.2, 0) is 26.6 Å². The van der Waals surface area contributed by atoms with Crippen LogP contribution in [-0.4, -0.2) is 50.6 Å². The molecule has 2 rings (SSSR count). The van der Waals surface area contributed by atoms with Crippen LogP contribution in [0.3, 0.4) is 0 Å². The van der Waals surface area contributed by atoms with Crippen LogP contribution in [0.25, 0.3) is 0 Å². The molecule has 2 aromatic rings. The van der Waals surface area contributed by atoms with Gasteiger partial charge in [0.15, 0.2) is 5.76 Å². The highest BCUT2D eigenvalue weighted by atomic mass is 32.2. The Morgan fingerprint density at radius 2 is 1.80 bits per heavy atom. The van der Waals surface area contributed by atoms with Crippen LogP contribution in [0, 0.1) is 13.8 Å². The van der Waals surface area contributed by atoms with E-state index in [-0.39, 0.29) is 36.0 Å². The van der Waals surface area contributed by atoms with E-state index in [1.54, 1.807) is 24.5 Å². The van der Waals surface area contributed by atoms with E-state index in [0.717, 1.165) is 11.8 Å². The maximum absolute atomic E-state index is 12.3. The van der Waals surface area contributed by atoms with Gasteiger partial charge in [-0.05, 0) is 31.5 Å². The topological polar surface area (TPSA) is 122 Å². The van der Waals surface area contributed by atoms with Gasteiger partial charge < -0.3 is 4.52 Å². The van der Waals surface area contributed by atoms with Gasteiger partial charge in [0.2, 0.25) is 20.0 Å². The van der Waals surface area contributed by atoms with Crippen molar-refractivity contribution >= 4 is 20.0 Å². The second kappa shape index (κ2) is 7.60. The first-order valence-corrected chi connectivity index (χ1v) is 10.7. The summed E-state index contributed by atoms with van der Waals surface area (Å²) in [4.78, 5) is 3.86. The second-order valence-electron chi connectivity index (χ2n) is 5.50. The third kappa shape index (κ3) is 5.08. The maximum atomic E-state index is 12.3. The molecule has 138 valence electrons. The van der Waals surface area contributed by atoms with Crippen LogP contribution in [0.5, 0.6) is 0 Å². The second-order valence-corrected chi connectivity index (χ2v) is 9.19. The van der Waals surface area contributed by atoms with Gasteiger partial charge >= 0.3 is 0 Å². The Bertz CT molecular complexity index is 904. The molecule has 25 heavy (non-hydrogen) atoms. The van der Waals surface area contributed by atoms with Gasteiger partial charge in [-0.1, -0.05) is 5.16 Å². The summed E-state index contributed by atoms with van der Waals surface area (Å²) in [5.74, 6) is 0.182. The lowest BCUT2D eigenvalue weighted by atomic mass is 10.3. The predicted molar refractivity (Wildman–Crippen MR) is 90.7 cm³/mol. The minimum atomic E-state index is -3.83. The van der Waals surface area contributed by atoms with E-state index >= 15 is 0 Å². The smallest absolute Gasteiger partial charge is 0.246 e. The summed E-state index contributed by atoms with van der Waals surface area (Å²) in [6.45, 7) is 3.07. The fraction of sp³-hybridized carbons (Fsp3) is 0.429. The van der Waals surface area contributed by atoms with Gasteiger partial charge in [0, 0.05) is 32.0 Å². The molecule has 1 N–H and O–H groups in total. The van der Waals surface area contributed by atoms with E-state index in [2.05, 4.69) is 14.9 Å². The highest BCUT2D eigenvalue weighted by molar-refractivity contribution is 7.89. The number of sulfonamides is 2. The number of rotatable bonds is 8. The molecule has 0 bridgehead atoms. The molecular weight excluding hydrogens is 368 g/mol. The Labute approximate surface area is 147 Å². The first kappa shape index (κ1) is 19.5. The fourth-order valence-electron chi connectivity index (χ4n) is 2.29. The summed E-state index contributed by atoms with van der Waals surface area (Å²) in [5, 5.41) is 3.61. The number of aromatic nitrogens is 2. The molecular formula is C14H20N4O5S2. The number of pyridine rings is 1. The number of aryl methyl sites for hydroxylation is 2. The molecule has 0 aromatic carbocycles. The van der Waals surface area contributed by atoms with Crippen molar-refractivity contribution in [1.82, 2.24) is 19.2 Å². The monoisotopic (exact) mass is 388 g/mol. The quantitative estimate of drug-likeness (QED) is 0.695. The van der Waals surface area contributed by atoms with E-state index in [1.165, 1.54) is 18.2 Å². The minimum absolute atomic E-state index is 0.0102. The van der Waals surface area contributed by atoms with Crippen LogP contribution in [0.1, 0.15) is 17.0 Å². The summed E-state index contributed by atoms with van der Waals surface area (Å²) in [7, 11) is -7.33. The van der Waals surface area contributed by atoms with E-state index in [9.17, 15) is 16.8 Å². The van der Waals surface area contributed by atoms with E-state index in [4.69, 9.17) is 4.52 Å². The lowest BCUT2D eigenvalue weighted by Crippen LogP contribution is -2.37. The zero-order valence-corrected chi connectivity index (χ0v) is 15.8. The van der Waals surface area contributed by atoms with Gasteiger partial charge in [-0.3, -0.25) is 4.98 Å². The summed E-state index contributed by atoms with van der Waals surface area (Å²) >= 11 is 0. The van der Waals surface area contributed by atoms with Crippen LogP contribution in [0.2, 0.25) is 0 Å². The van der Waals surface area contributed by atoms with Gasteiger partial charge in [0.1, 0.15) is 10.6 Å². The van der Waals surface area contributed by atoms with E-state index in [0.29, 0.717) is 0 Å².